The standard InChI is InChI=1S/C10H13ClN2/c1-3-13-5-4-8-7(2)6-9(11)12-10(8)13/h6H,3-5H2,1-2H3. The Kier molecular flexibility index (Phi) is 2.16. The molecule has 0 saturated carbocycles. The van der Waals surface area contributed by atoms with Crippen LogP contribution in [0.5, 0.6) is 0 Å². The molecule has 2 rings (SSSR count). The molecule has 0 spiro atoms. The molecule has 2 nitrogen and oxygen atoms in total. The summed E-state index contributed by atoms with van der Waals surface area (Å²) in [6.45, 7) is 6.35. The van der Waals surface area contributed by atoms with Gasteiger partial charge in [-0.2, -0.15) is 0 Å². The maximum absolute atomic E-state index is 5.91. The van der Waals surface area contributed by atoms with Crippen molar-refractivity contribution in [3.8, 4) is 0 Å². The normalized spacial score (nSPS) is 14.8. The lowest BCUT2D eigenvalue weighted by Gasteiger charge is -2.15. The molecule has 70 valence electrons. The Morgan fingerprint density at radius 3 is 3.08 bits per heavy atom. The van der Waals surface area contributed by atoms with Crippen LogP contribution in [0.15, 0.2) is 6.07 Å². The lowest BCUT2D eigenvalue weighted by Crippen LogP contribution is -2.20. The second-order valence-corrected chi connectivity index (χ2v) is 3.78. The molecule has 0 bridgehead atoms. The van der Waals surface area contributed by atoms with Gasteiger partial charge in [0.25, 0.3) is 0 Å². The summed E-state index contributed by atoms with van der Waals surface area (Å²) < 4.78 is 0. The first-order chi connectivity index (χ1) is 6.22. The molecule has 13 heavy (non-hydrogen) atoms. The number of likely N-dealkylation sites (N-methyl/N-ethyl adjacent to an activating group) is 1. The molecule has 1 aromatic heterocycles. The second kappa shape index (κ2) is 3.18. The second-order valence-electron chi connectivity index (χ2n) is 3.39. The van der Waals surface area contributed by atoms with E-state index >= 15 is 0 Å². The number of aromatic nitrogens is 1. The van der Waals surface area contributed by atoms with Crippen LogP contribution in [-0.4, -0.2) is 18.1 Å². The van der Waals surface area contributed by atoms with Crippen molar-refractivity contribution in [3.63, 3.8) is 0 Å². The van der Waals surface area contributed by atoms with Crippen molar-refractivity contribution in [1.29, 1.82) is 0 Å². The van der Waals surface area contributed by atoms with E-state index in [-0.39, 0.29) is 0 Å². The highest BCUT2D eigenvalue weighted by molar-refractivity contribution is 6.29. The molecule has 0 unspecified atom stereocenters. The van der Waals surface area contributed by atoms with Gasteiger partial charge in [-0.15, -0.1) is 0 Å². The highest BCUT2D eigenvalue weighted by Gasteiger charge is 2.21. The van der Waals surface area contributed by atoms with Gasteiger partial charge in [-0.05, 0) is 37.5 Å². The first-order valence-electron chi connectivity index (χ1n) is 4.63. The average Bonchev–Trinajstić information content (AvgIpc) is 2.47. The minimum Gasteiger partial charge on any atom is -0.356 e. The summed E-state index contributed by atoms with van der Waals surface area (Å²) in [6.07, 6.45) is 1.11. The lowest BCUT2D eigenvalue weighted by atomic mass is 10.1. The fourth-order valence-corrected chi connectivity index (χ4v) is 2.12. The monoisotopic (exact) mass is 196 g/mol. The molecule has 0 N–H and O–H groups in total. The van der Waals surface area contributed by atoms with E-state index in [1.807, 2.05) is 6.07 Å². The van der Waals surface area contributed by atoms with Crippen molar-refractivity contribution < 1.29 is 0 Å². The summed E-state index contributed by atoms with van der Waals surface area (Å²) >= 11 is 5.91. The molecule has 1 aliphatic heterocycles. The van der Waals surface area contributed by atoms with E-state index in [2.05, 4.69) is 23.7 Å². The zero-order valence-electron chi connectivity index (χ0n) is 7.97. The molecule has 0 saturated heterocycles. The third-order valence-electron chi connectivity index (χ3n) is 2.61. The Bertz CT molecular complexity index is 336. The quantitative estimate of drug-likeness (QED) is 0.642. The first kappa shape index (κ1) is 8.82. The molecule has 0 amide bonds. The van der Waals surface area contributed by atoms with E-state index in [0.29, 0.717) is 5.15 Å². The summed E-state index contributed by atoms with van der Waals surface area (Å²) in [7, 11) is 0. The molecule has 0 atom stereocenters. The Morgan fingerprint density at radius 2 is 2.38 bits per heavy atom. The maximum atomic E-state index is 5.91. The van der Waals surface area contributed by atoms with Crippen LogP contribution in [0.3, 0.4) is 0 Å². The Morgan fingerprint density at radius 1 is 1.62 bits per heavy atom. The molecule has 3 heteroatoms. The number of rotatable bonds is 1. The van der Waals surface area contributed by atoms with Crippen molar-refractivity contribution in [1.82, 2.24) is 4.98 Å². The number of pyridine rings is 1. The number of hydrogen-bond acceptors (Lipinski definition) is 2. The van der Waals surface area contributed by atoms with Crippen molar-refractivity contribution in [2.45, 2.75) is 20.3 Å². The highest BCUT2D eigenvalue weighted by Crippen LogP contribution is 2.29. The van der Waals surface area contributed by atoms with Crippen LogP contribution >= 0.6 is 11.6 Å². The van der Waals surface area contributed by atoms with Gasteiger partial charge in [0, 0.05) is 13.1 Å². The van der Waals surface area contributed by atoms with Gasteiger partial charge >= 0.3 is 0 Å². The molecule has 0 aliphatic carbocycles. The number of aryl methyl sites for hydroxylation is 1. The van der Waals surface area contributed by atoms with Crippen molar-refractivity contribution in [3.05, 3.63) is 22.3 Å². The SMILES string of the molecule is CCN1CCc2c(C)cc(Cl)nc21. The zero-order valence-corrected chi connectivity index (χ0v) is 8.73. The van der Waals surface area contributed by atoms with Gasteiger partial charge in [-0.25, -0.2) is 4.98 Å². The van der Waals surface area contributed by atoms with Gasteiger partial charge in [0.05, 0.1) is 0 Å². The van der Waals surface area contributed by atoms with E-state index in [1.165, 1.54) is 11.1 Å². The van der Waals surface area contributed by atoms with Gasteiger partial charge in [0.2, 0.25) is 0 Å². The van der Waals surface area contributed by atoms with E-state index in [4.69, 9.17) is 11.6 Å². The number of hydrogen-bond donors (Lipinski definition) is 0. The fourth-order valence-electron chi connectivity index (χ4n) is 1.87. The van der Waals surface area contributed by atoms with E-state index in [0.717, 1.165) is 25.3 Å². The number of halogens is 1. The van der Waals surface area contributed by atoms with Gasteiger partial charge in [0.15, 0.2) is 0 Å². The van der Waals surface area contributed by atoms with Crippen molar-refractivity contribution in [2.24, 2.45) is 0 Å². The van der Waals surface area contributed by atoms with E-state index in [9.17, 15) is 0 Å². The van der Waals surface area contributed by atoms with Gasteiger partial charge in [-0.1, -0.05) is 11.6 Å². The smallest absolute Gasteiger partial charge is 0.133 e. The Labute approximate surface area is 83.5 Å². The summed E-state index contributed by atoms with van der Waals surface area (Å²) in [5, 5.41) is 0.608. The molecule has 0 radical (unpaired) electrons. The van der Waals surface area contributed by atoms with Crippen LogP contribution in [0, 0.1) is 6.92 Å². The zero-order chi connectivity index (χ0) is 9.42. The van der Waals surface area contributed by atoms with E-state index < -0.39 is 0 Å². The summed E-state index contributed by atoms with van der Waals surface area (Å²) in [6, 6.07) is 1.94. The highest BCUT2D eigenvalue weighted by atomic mass is 35.5. The molecule has 0 fully saturated rings. The van der Waals surface area contributed by atoms with Gasteiger partial charge in [0.1, 0.15) is 11.0 Å². The summed E-state index contributed by atoms with van der Waals surface area (Å²) in [5.74, 6) is 1.09. The molecule has 2 heterocycles. The fraction of sp³-hybridized carbons (Fsp3) is 0.500. The third-order valence-corrected chi connectivity index (χ3v) is 2.80. The van der Waals surface area contributed by atoms with Gasteiger partial charge < -0.3 is 4.90 Å². The van der Waals surface area contributed by atoms with Crippen molar-refractivity contribution in [2.75, 3.05) is 18.0 Å². The number of anilines is 1. The van der Waals surface area contributed by atoms with Gasteiger partial charge in [-0.3, -0.25) is 0 Å². The first-order valence-corrected chi connectivity index (χ1v) is 5.01. The van der Waals surface area contributed by atoms with Crippen LogP contribution in [-0.2, 0) is 6.42 Å². The lowest BCUT2D eigenvalue weighted by molar-refractivity contribution is 0.857. The van der Waals surface area contributed by atoms with Crippen molar-refractivity contribution >= 4 is 17.4 Å². The maximum Gasteiger partial charge on any atom is 0.133 e. The van der Waals surface area contributed by atoms with E-state index in [1.54, 1.807) is 0 Å². The molecule has 1 aliphatic rings. The number of fused-ring (bicyclic) bond motifs is 1. The molecular weight excluding hydrogens is 184 g/mol. The minimum absolute atomic E-state index is 0.608. The number of nitrogens with zero attached hydrogens (tertiary/aromatic N) is 2. The topological polar surface area (TPSA) is 16.1 Å². The Hall–Kier alpha value is -0.760. The predicted octanol–water partition coefficient (Wildman–Crippen LogP) is 2.43. The minimum atomic E-state index is 0.608. The Balaban J connectivity index is 2.51. The predicted molar refractivity (Wildman–Crippen MR) is 55.6 cm³/mol. The molecule has 1 aromatic rings. The largest absolute Gasteiger partial charge is 0.356 e. The summed E-state index contributed by atoms with van der Waals surface area (Å²) in [5.41, 5.74) is 2.64. The van der Waals surface area contributed by atoms with Crippen LogP contribution in [0.1, 0.15) is 18.1 Å². The van der Waals surface area contributed by atoms with Crippen LogP contribution in [0.25, 0.3) is 0 Å². The van der Waals surface area contributed by atoms with Crippen LogP contribution in [0.2, 0.25) is 5.15 Å². The summed E-state index contributed by atoms with van der Waals surface area (Å²) in [4.78, 5) is 6.63. The van der Waals surface area contributed by atoms with Crippen LogP contribution in [0.4, 0.5) is 5.82 Å². The molecular formula is C10H13ClN2. The molecule has 0 aromatic carbocycles. The third kappa shape index (κ3) is 1.39. The average molecular weight is 197 g/mol. The van der Waals surface area contributed by atoms with Crippen LogP contribution < -0.4 is 4.90 Å².